The van der Waals surface area contributed by atoms with Crippen molar-refractivity contribution in [2.45, 2.75) is 37.4 Å². The predicted octanol–water partition coefficient (Wildman–Crippen LogP) is 4.78. The van der Waals surface area contributed by atoms with Gasteiger partial charge in [-0.05, 0) is 55.6 Å². The lowest BCUT2D eigenvalue weighted by atomic mass is 9.99. The quantitative estimate of drug-likeness (QED) is 0.460. The van der Waals surface area contributed by atoms with E-state index in [1.807, 2.05) is 6.07 Å². The van der Waals surface area contributed by atoms with Crippen LogP contribution in [0.1, 0.15) is 47.9 Å². The number of piperidine rings is 1. The molecule has 0 aliphatic carbocycles. The fourth-order valence-corrected chi connectivity index (χ4v) is 6.80. The van der Waals surface area contributed by atoms with Gasteiger partial charge < -0.3 is 5.32 Å². The Hall–Kier alpha value is -1.62. The number of aromatic nitrogens is 3. The summed E-state index contributed by atoms with van der Waals surface area (Å²) < 4.78 is 24.3. The smallest absolute Gasteiger partial charge is 0.222 e. The predicted molar refractivity (Wildman–Crippen MR) is 130 cm³/mol. The summed E-state index contributed by atoms with van der Waals surface area (Å²) in [5.41, 5.74) is 2.43. The van der Waals surface area contributed by atoms with E-state index >= 15 is 0 Å². The number of benzene rings is 1. The van der Waals surface area contributed by atoms with Crippen LogP contribution in [0.25, 0.3) is 21.8 Å². The normalized spacial score (nSPS) is 16.2. The number of nitrogens with one attached hydrogen (secondary N) is 1. The molecule has 0 bridgehead atoms. The maximum Gasteiger partial charge on any atom is 0.222 e. The van der Waals surface area contributed by atoms with Crippen molar-refractivity contribution >= 4 is 44.6 Å². The van der Waals surface area contributed by atoms with Gasteiger partial charge in [-0.25, -0.2) is 28.5 Å². The van der Waals surface area contributed by atoms with Gasteiger partial charge in [-0.2, -0.15) is 0 Å². The van der Waals surface area contributed by atoms with E-state index < -0.39 is 15.3 Å². The van der Waals surface area contributed by atoms with E-state index in [2.05, 4.69) is 15.3 Å². The highest BCUT2D eigenvalue weighted by atomic mass is 35.5. The van der Waals surface area contributed by atoms with E-state index in [0.29, 0.717) is 39.9 Å². The average molecular weight is 512 g/mol. The molecule has 32 heavy (non-hydrogen) atoms. The molecule has 0 spiro atoms. The van der Waals surface area contributed by atoms with E-state index in [1.54, 1.807) is 42.7 Å². The lowest BCUT2D eigenvalue weighted by molar-refractivity contribution is 0.459. The second-order valence-electron chi connectivity index (χ2n) is 7.66. The Morgan fingerprint density at radius 1 is 1.22 bits per heavy atom. The summed E-state index contributed by atoms with van der Waals surface area (Å²) in [6.45, 7) is 3.65. The standard InChI is InChI=1S/C21H23Cl2N5O2S2/c1-2-16(32(24,29)30)13-4-3-5-14(17(13)22)18-19(15-8-11-26-21(23)27-15)31-20(28-18)12-6-9-25-10-7-12/h3-5,8,11-12,16,25H,2,6-7,9-10H2,1H3,(H2,24,29,30). The molecule has 3 heterocycles. The molecule has 0 saturated carbocycles. The molecule has 3 aromatic rings. The fraction of sp³-hybridized carbons (Fsp3) is 0.381. The Balaban J connectivity index is 1.89. The Morgan fingerprint density at radius 2 is 1.97 bits per heavy atom. The first-order valence-electron chi connectivity index (χ1n) is 10.3. The number of hydrogen-bond acceptors (Lipinski definition) is 7. The number of nitrogens with two attached hydrogens (primary N) is 1. The molecule has 1 saturated heterocycles. The highest BCUT2D eigenvalue weighted by Crippen LogP contribution is 2.44. The summed E-state index contributed by atoms with van der Waals surface area (Å²) in [6.07, 6.45) is 3.90. The van der Waals surface area contributed by atoms with Gasteiger partial charge in [-0.3, -0.25) is 0 Å². The Morgan fingerprint density at radius 3 is 2.62 bits per heavy atom. The van der Waals surface area contributed by atoms with Crippen LogP contribution in [0.2, 0.25) is 10.3 Å². The van der Waals surface area contributed by atoms with Crippen molar-refractivity contribution < 1.29 is 8.42 Å². The van der Waals surface area contributed by atoms with E-state index in [4.69, 9.17) is 33.3 Å². The Kier molecular flexibility index (Phi) is 7.14. The molecule has 1 aromatic carbocycles. The summed E-state index contributed by atoms with van der Waals surface area (Å²) in [4.78, 5) is 14.2. The van der Waals surface area contributed by atoms with Gasteiger partial charge in [0.25, 0.3) is 0 Å². The minimum Gasteiger partial charge on any atom is -0.317 e. The molecule has 1 fully saturated rings. The molecule has 3 N–H and O–H groups in total. The fourth-order valence-electron chi connectivity index (χ4n) is 4.01. The lowest BCUT2D eigenvalue weighted by Crippen LogP contribution is -2.26. The van der Waals surface area contributed by atoms with Crippen molar-refractivity contribution in [1.29, 1.82) is 0 Å². The molecule has 1 unspecified atom stereocenters. The molecule has 0 amide bonds. The van der Waals surface area contributed by atoms with Crippen LogP contribution in [-0.4, -0.2) is 36.5 Å². The maximum atomic E-state index is 12.2. The van der Waals surface area contributed by atoms with Gasteiger partial charge in [0.05, 0.1) is 26.3 Å². The van der Waals surface area contributed by atoms with Gasteiger partial charge >= 0.3 is 0 Å². The second-order valence-corrected chi connectivity index (χ2v) is 11.2. The third kappa shape index (κ3) is 4.83. The molecular weight excluding hydrogens is 489 g/mol. The minimum atomic E-state index is -3.82. The number of rotatable bonds is 6. The van der Waals surface area contributed by atoms with Gasteiger partial charge in [0.15, 0.2) is 0 Å². The maximum absolute atomic E-state index is 12.2. The highest BCUT2D eigenvalue weighted by Gasteiger charge is 2.28. The van der Waals surface area contributed by atoms with Crippen molar-refractivity contribution in [2.24, 2.45) is 5.14 Å². The number of sulfonamides is 1. The molecular formula is C21H23Cl2N5O2S2. The van der Waals surface area contributed by atoms with Crippen molar-refractivity contribution in [3.8, 4) is 21.8 Å². The van der Waals surface area contributed by atoms with Crippen molar-refractivity contribution in [3.63, 3.8) is 0 Å². The zero-order valence-electron chi connectivity index (χ0n) is 17.4. The van der Waals surface area contributed by atoms with E-state index in [9.17, 15) is 8.42 Å². The first-order chi connectivity index (χ1) is 15.3. The molecule has 1 aliphatic rings. The molecule has 170 valence electrons. The number of nitrogens with zero attached hydrogens (tertiary/aromatic N) is 3. The second kappa shape index (κ2) is 9.70. The van der Waals surface area contributed by atoms with Crippen LogP contribution in [0, 0.1) is 0 Å². The lowest BCUT2D eigenvalue weighted by Gasteiger charge is -2.20. The minimum absolute atomic E-state index is 0.144. The molecule has 7 nitrogen and oxygen atoms in total. The first kappa shape index (κ1) is 23.5. The Labute approximate surface area is 201 Å². The van der Waals surface area contributed by atoms with Crippen LogP contribution in [0.5, 0.6) is 0 Å². The summed E-state index contributed by atoms with van der Waals surface area (Å²) in [7, 11) is -3.82. The third-order valence-electron chi connectivity index (χ3n) is 5.59. The van der Waals surface area contributed by atoms with E-state index in [1.165, 1.54) is 0 Å². The van der Waals surface area contributed by atoms with Gasteiger partial charge in [0.2, 0.25) is 15.3 Å². The van der Waals surface area contributed by atoms with Gasteiger partial charge in [-0.15, -0.1) is 11.3 Å². The number of thiazole rings is 1. The SMILES string of the molecule is CCC(c1cccc(-c2nc(C3CCNCC3)sc2-c2ccnc(Cl)n2)c1Cl)S(N)(=O)=O. The average Bonchev–Trinajstić information content (AvgIpc) is 3.20. The molecule has 4 rings (SSSR count). The number of halogens is 2. The molecule has 2 aromatic heterocycles. The summed E-state index contributed by atoms with van der Waals surface area (Å²) in [6, 6.07) is 7.11. The van der Waals surface area contributed by atoms with Crippen LogP contribution in [0.15, 0.2) is 30.5 Å². The summed E-state index contributed by atoms with van der Waals surface area (Å²) in [5, 5.41) is 9.44. The zero-order chi connectivity index (χ0) is 22.9. The first-order valence-corrected chi connectivity index (χ1v) is 13.5. The topological polar surface area (TPSA) is 111 Å². The number of primary sulfonamides is 1. The molecule has 1 atom stereocenters. The van der Waals surface area contributed by atoms with Crippen molar-refractivity contribution in [2.75, 3.05) is 13.1 Å². The van der Waals surface area contributed by atoms with Crippen LogP contribution in [0.4, 0.5) is 0 Å². The Bertz CT molecular complexity index is 1230. The van der Waals surface area contributed by atoms with Crippen molar-refractivity contribution in [1.82, 2.24) is 20.3 Å². The number of hydrogen-bond donors (Lipinski definition) is 2. The summed E-state index contributed by atoms with van der Waals surface area (Å²) >= 11 is 14.4. The molecule has 0 radical (unpaired) electrons. The van der Waals surface area contributed by atoms with E-state index in [-0.39, 0.29) is 5.28 Å². The van der Waals surface area contributed by atoms with Crippen molar-refractivity contribution in [3.05, 3.63) is 51.3 Å². The third-order valence-corrected chi connectivity index (χ3v) is 8.81. The molecule has 1 aliphatic heterocycles. The van der Waals surface area contributed by atoms with Crippen LogP contribution in [-0.2, 0) is 10.0 Å². The monoisotopic (exact) mass is 511 g/mol. The van der Waals surface area contributed by atoms with Gasteiger partial charge in [-0.1, -0.05) is 36.7 Å². The van der Waals surface area contributed by atoms with Gasteiger partial charge in [0, 0.05) is 17.7 Å². The van der Waals surface area contributed by atoms with Crippen LogP contribution >= 0.6 is 34.5 Å². The highest BCUT2D eigenvalue weighted by molar-refractivity contribution is 7.89. The van der Waals surface area contributed by atoms with Crippen LogP contribution in [0.3, 0.4) is 0 Å². The summed E-state index contributed by atoms with van der Waals surface area (Å²) in [5.74, 6) is 0.334. The zero-order valence-corrected chi connectivity index (χ0v) is 20.5. The van der Waals surface area contributed by atoms with Crippen LogP contribution < -0.4 is 10.5 Å². The van der Waals surface area contributed by atoms with E-state index in [0.717, 1.165) is 35.8 Å². The largest absolute Gasteiger partial charge is 0.317 e. The molecule has 11 heteroatoms. The van der Waals surface area contributed by atoms with Gasteiger partial charge in [0.1, 0.15) is 5.25 Å².